The first kappa shape index (κ1) is 10.9. The van der Waals surface area contributed by atoms with E-state index >= 15 is 0 Å². The van der Waals surface area contributed by atoms with Crippen LogP contribution in [0, 0.1) is 0 Å². The lowest BCUT2D eigenvalue weighted by Crippen LogP contribution is -2.08. The molecule has 2 N–H and O–H groups in total. The summed E-state index contributed by atoms with van der Waals surface area (Å²) in [6, 6.07) is 0. The number of hydrogen-bond acceptors (Lipinski definition) is 4. The van der Waals surface area contributed by atoms with Crippen LogP contribution in [0.2, 0.25) is 0 Å². The third-order valence-corrected chi connectivity index (χ3v) is 1.99. The maximum absolute atomic E-state index is 5.61. The van der Waals surface area contributed by atoms with Gasteiger partial charge in [-0.15, -0.1) is 0 Å². The molecule has 0 bridgehead atoms. The lowest BCUT2D eigenvalue weighted by molar-refractivity contribution is 0.701. The van der Waals surface area contributed by atoms with Crippen LogP contribution in [0.5, 0.6) is 0 Å². The van der Waals surface area contributed by atoms with Gasteiger partial charge in [0, 0.05) is 12.3 Å². The highest BCUT2D eigenvalue weighted by molar-refractivity contribution is 5.17. The number of nitrogens with zero attached hydrogens (tertiary/aromatic N) is 3. The topological polar surface area (TPSA) is 64.7 Å². The minimum absolute atomic E-state index is 0.306. The summed E-state index contributed by atoms with van der Waals surface area (Å²) < 4.78 is 0. The molecule has 0 atom stereocenters. The van der Waals surface area contributed by atoms with E-state index < -0.39 is 0 Å². The van der Waals surface area contributed by atoms with Gasteiger partial charge in [-0.1, -0.05) is 27.2 Å². The second-order valence-corrected chi connectivity index (χ2v) is 3.73. The zero-order chi connectivity index (χ0) is 10.6. The number of rotatable bonds is 4. The van der Waals surface area contributed by atoms with Gasteiger partial charge < -0.3 is 5.73 Å². The van der Waals surface area contributed by atoms with E-state index in [2.05, 4.69) is 35.7 Å². The van der Waals surface area contributed by atoms with Crippen molar-refractivity contribution in [3.8, 4) is 0 Å². The quantitative estimate of drug-likeness (QED) is 0.795. The molecule has 0 saturated heterocycles. The predicted octanol–water partition coefficient (Wildman–Crippen LogP) is 1.92. The van der Waals surface area contributed by atoms with Crippen molar-refractivity contribution >= 4 is 5.95 Å². The van der Waals surface area contributed by atoms with E-state index in [0.717, 1.165) is 30.9 Å². The molecule has 14 heavy (non-hydrogen) atoms. The summed E-state index contributed by atoms with van der Waals surface area (Å²) in [6.45, 7) is 6.25. The third-order valence-electron chi connectivity index (χ3n) is 1.99. The Morgan fingerprint density at radius 3 is 2.50 bits per heavy atom. The van der Waals surface area contributed by atoms with E-state index in [1.165, 1.54) is 0 Å². The van der Waals surface area contributed by atoms with Crippen molar-refractivity contribution < 1.29 is 0 Å². The summed E-state index contributed by atoms with van der Waals surface area (Å²) in [5.41, 5.74) is 5.61. The van der Waals surface area contributed by atoms with Crippen molar-refractivity contribution in [1.82, 2.24) is 15.0 Å². The smallest absolute Gasteiger partial charge is 0.223 e. The lowest BCUT2D eigenvalue weighted by atomic mass is 10.2. The second kappa shape index (κ2) is 4.88. The first-order valence-corrected chi connectivity index (χ1v) is 5.13. The van der Waals surface area contributed by atoms with E-state index in [1.54, 1.807) is 0 Å². The minimum atomic E-state index is 0.306. The highest BCUT2D eigenvalue weighted by atomic mass is 15.1. The summed E-state index contributed by atoms with van der Waals surface area (Å²) >= 11 is 0. The average Bonchev–Trinajstić information content (AvgIpc) is 2.14. The molecule has 0 unspecified atom stereocenters. The van der Waals surface area contributed by atoms with Gasteiger partial charge in [-0.25, -0.2) is 4.98 Å². The Bertz CT molecular complexity index is 296. The first-order chi connectivity index (χ1) is 6.63. The Morgan fingerprint density at radius 1 is 1.21 bits per heavy atom. The van der Waals surface area contributed by atoms with Crippen LogP contribution in [0.25, 0.3) is 0 Å². The molecular weight excluding hydrogens is 176 g/mol. The molecule has 0 saturated carbocycles. The van der Waals surface area contributed by atoms with Crippen molar-refractivity contribution in [2.24, 2.45) is 0 Å². The van der Waals surface area contributed by atoms with Gasteiger partial charge in [-0.05, 0) is 6.42 Å². The Hall–Kier alpha value is -1.19. The maximum atomic E-state index is 5.61. The molecule has 0 aliphatic rings. The normalized spacial score (nSPS) is 10.9. The molecule has 1 aromatic heterocycles. The van der Waals surface area contributed by atoms with Crippen molar-refractivity contribution in [3.05, 3.63) is 11.6 Å². The fraction of sp³-hybridized carbons (Fsp3) is 0.700. The fourth-order valence-electron chi connectivity index (χ4n) is 1.16. The Balaban J connectivity index is 2.84. The maximum Gasteiger partial charge on any atom is 0.223 e. The second-order valence-electron chi connectivity index (χ2n) is 3.73. The molecule has 0 fully saturated rings. The predicted molar refractivity (Wildman–Crippen MR) is 56.9 cm³/mol. The summed E-state index contributed by atoms with van der Waals surface area (Å²) in [5.74, 6) is 2.27. The molecule has 0 amide bonds. The third kappa shape index (κ3) is 2.94. The van der Waals surface area contributed by atoms with Gasteiger partial charge in [0.05, 0.1) is 0 Å². The Kier molecular flexibility index (Phi) is 3.80. The highest BCUT2D eigenvalue weighted by Crippen LogP contribution is 2.10. The van der Waals surface area contributed by atoms with Crippen molar-refractivity contribution in [3.63, 3.8) is 0 Å². The van der Waals surface area contributed by atoms with E-state index in [4.69, 9.17) is 5.73 Å². The number of nitrogens with two attached hydrogens (primary N) is 1. The molecule has 0 spiro atoms. The van der Waals surface area contributed by atoms with E-state index in [1.807, 2.05) is 0 Å². The van der Waals surface area contributed by atoms with Gasteiger partial charge in [0.25, 0.3) is 0 Å². The molecule has 78 valence electrons. The monoisotopic (exact) mass is 194 g/mol. The van der Waals surface area contributed by atoms with Gasteiger partial charge in [0.1, 0.15) is 11.6 Å². The molecule has 0 aliphatic carbocycles. The van der Waals surface area contributed by atoms with Crippen LogP contribution in [-0.2, 0) is 6.42 Å². The summed E-state index contributed by atoms with van der Waals surface area (Å²) in [6.07, 6.45) is 3.13. The number of hydrogen-bond donors (Lipinski definition) is 1. The highest BCUT2D eigenvalue weighted by Gasteiger charge is 2.07. The van der Waals surface area contributed by atoms with Crippen LogP contribution in [0.1, 0.15) is 51.2 Å². The van der Waals surface area contributed by atoms with Crippen molar-refractivity contribution in [1.29, 1.82) is 0 Å². The molecular formula is C10H18N4. The summed E-state index contributed by atoms with van der Waals surface area (Å²) in [4.78, 5) is 12.6. The Labute approximate surface area is 85.0 Å². The van der Waals surface area contributed by atoms with Crippen LogP contribution >= 0.6 is 0 Å². The van der Waals surface area contributed by atoms with Gasteiger partial charge in [0.15, 0.2) is 0 Å². The molecule has 4 nitrogen and oxygen atoms in total. The van der Waals surface area contributed by atoms with E-state index in [-0.39, 0.29) is 0 Å². The average molecular weight is 194 g/mol. The Morgan fingerprint density at radius 2 is 1.93 bits per heavy atom. The fourth-order valence-corrected chi connectivity index (χ4v) is 1.16. The van der Waals surface area contributed by atoms with Crippen LogP contribution < -0.4 is 5.73 Å². The zero-order valence-electron chi connectivity index (χ0n) is 9.12. The van der Waals surface area contributed by atoms with Gasteiger partial charge in [0.2, 0.25) is 5.95 Å². The molecule has 0 aliphatic heterocycles. The van der Waals surface area contributed by atoms with Gasteiger partial charge >= 0.3 is 0 Å². The molecule has 1 rings (SSSR count). The first-order valence-electron chi connectivity index (χ1n) is 5.13. The number of nitrogen functional groups attached to an aromatic ring is 1. The van der Waals surface area contributed by atoms with Crippen LogP contribution in [-0.4, -0.2) is 15.0 Å². The van der Waals surface area contributed by atoms with Crippen molar-refractivity contribution in [2.75, 3.05) is 5.73 Å². The number of aromatic nitrogens is 3. The molecule has 0 radical (unpaired) electrons. The van der Waals surface area contributed by atoms with E-state index in [9.17, 15) is 0 Å². The number of aryl methyl sites for hydroxylation is 1. The molecule has 4 heteroatoms. The molecule has 1 aromatic rings. The standard InChI is InChI=1S/C10H18N4/c1-4-5-6-8-12-9(7(2)3)14-10(11)13-8/h7H,4-6H2,1-3H3,(H2,11,12,13,14). The number of anilines is 1. The summed E-state index contributed by atoms with van der Waals surface area (Å²) in [5, 5.41) is 0. The largest absolute Gasteiger partial charge is 0.368 e. The van der Waals surface area contributed by atoms with Crippen LogP contribution in [0.4, 0.5) is 5.95 Å². The summed E-state index contributed by atoms with van der Waals surface area (Å²) in [7, 11) is 0. The van der Waals surface area contributed by atoms with Gasteiger partial charge in [-0.3, -0.25) is 0 Å². The van der Waals surface area contributed by atoms with E-state index in [0.29, 0.717) is 11.9 Å². The SMILES string of the molecule is CCCCc1nc(N)nc(C(C)C)n1. The lowest BCUT2D eigenvalue weighted by Gasteiger charge is -2.06. The van der Waals surface area contributed by atoms with Crippen LogP contribution in [0.3, 0.4) is 0 Å². The van der Waals surface area contributed by atoms with Crippen LogP contribution in [0.15, 0.2) is 0 Å². The minimum Gasteiger partial charge on any atom is -0.368 e. The van der Waals surface area contributed by atoms with Gasteiger partial charge in [-0.2, -0.15) is 9.97 Å². The number of unbranched alkanes of at least 4 members (excludes halogenated alkanes) is 1. The molecule has 0 aromatic carbocycles. The molecule has 1 heterocycles. The zero-order valence-corrected chi connectivity index (χ0v) is 9.12. The van der Waals surface area contributed by atoms with Crippen molar-refractivity contribution in [2.45, 2.75) is 46.0 Å².